The van der Waals surface area contributed by atoms with Crippen molar-refractivity contribution >= 4 is 27.6 Å². The van der Waals surface area contributed by atoms with Crippen molar-refractivity contribution in [1.29, 1.82) is 0 Å². The summed E-state index contributed by atoms with van der Waals surface area (Å²) in [5, 5.41) is 0.597. The van der Waals surface area contributed by atoms with Gasteiger partial charge >= 0.3 is 5.97 Å². The van der Waals surface area contributed by atoms with Gasteiger partial charge < -0.3 is 9.47 Å². The Morgan fingerprint density at radius 3 is 2.43 bits per heavy atom. The number of hydrogen-bond donors (Lipinski definition) is 0. The summed E-state index contributed by atoms with van der Waals surface area (Å²) in [5.74, 6) is -0.587. The van der Waals surface area contributed by atoms with Crippen molar-refractivity contribution in [2.24, 2.45) is 0 Å². The van der Waals surface area contributed by atoms with Gasteiger partial charge in [-0.3, -0.25) is 0 Å². The molecular weight excluding hydrogens is 402 g/mol. The SMILES string of the molecule is CC1CN(S(=O)(=O)c2cccc(C(=O)OCc3ccc(Cl)cc3)c2)CC(C)O1. The van der Waals surface area contributed by atoms with Crippen molar-refractivity contribution in [3.8, 4) is 0 Å². The van der Waals surface area contributed by atoms with Gasteiger partial charge in [0.1, 0.15) is 6.61 Å². The van der Waals surface area contributed by atoms with Crippen LogP contribution in [0.2, 0.25) is 5.02 Å². The number of carbonyl (C=O) groups excluding carboxylic acids is 1. The first-order chi connectivity index (χ1) is 13.3. The summed E-state index contributed by atoms with van der Waals surface area (Å²) in [6, 6.07) is 12.9. The first-order valence-corrected chi connectivity index (χ1v) is 10.7. The minimum Gasteiger partial charge on any atom is -0.457 e. The zero-order valence-electron chi connectivity index (χ0n) is 15.7. The van der Waals surface area contributed by atoms with Gasteiger partial charge in [-0.05, 0) is 49.7 Å². The first kappa shape index (κ1) is 20.8. The summed E-state index contributed by atoms with van der Waals surface area (Å²) >= 11 is 5.84. The molecule has 0 radical (unpaired) electrons. The van der Waals surface area contributed by atoms with Crippen molar-refractivity contribution in [3.63, 3.8) is 0 Å². The molecule has 3 rings (SSSR count). The van der Waals surface area contributed by atoms with E-state index in [0.29, 0.717) is 5.02 Å². The molecule has 28 heavy (non-hydrogen) atoms. The molecule has 0 amide bonds. The van der Waals surface area contributed by atoms with Gasteiger partial charge in [-0.2, -0.15) is 4.31 Å². The summed E-state index contributed by atoms with van der Waals surface area (Å²) in [5.41, 5.74) is 0.974. The highest BCUT2D eigenvalue weighted by Gasteiger charge is 2.32. The van der Waals surface area contributed by atoms with Crippen LogP contribution in [0.15, 0.2) is 53.4 Å². The molecule has 0 aromatic heterocycles. The maximum absolute atomic E-state index is 13.0. The van der Waals surface area contributed by atoms with E-state index in [2.05, 4.69) is 0 Å². The Morgan fingerprint density at radius 2 is 1.79 bits per heavy atom. The number of ether oxygens (including phenoxy) is 2. The van der Waals surface area contributed by atoms with Crippen LogP contribution in [-0.4, -0.2) is 44.0 Å². The average Bonchev–Trinajstić information content (AvgIpc) is 2.66. The van der Waals surface area contributed by atoms with E-state index in [1.807, 2.05) is 13.8 Å². The lowest BCUT2D eigenvalue weighted by atomic mass is 10.2. The van der Waals surface area contributed by atoms with Gasteiger partial charge in [0.15, 0.2) is 0 Å². The monoisotopic (exact) mass is 423 g/mol. The van der Waals surface area contributed by atoms with Gasteiger partial charge in [-0.15, -0.1) is 0 Å². The Morgan fingerprint density at radius 1 is 1.14 bits per heavy atom. The Kier molecular flexibility index (Phi) is 6.40. The summed E-state index contributed by atoms with van der Waals surface area (Å²) in [4.78, 5) is 12.4. The van der Waals surface area contributed by atoms with E-state index in [1.165, 1.54) is 22.5 Å². The van der Waals surface area contributed by atoms with E-state index in [1.54, 1.807) is 30.3 Å². The van der Waals surface area contributed by atoms with Crippen LogP contribution in [0.25, 0.3) is 0 Å². The van der Waals surface area contributed by atoms with Crippen molar-refractivity contribution in [2.75, 3.05) is 13.1 Å². The van der Waals surface area contributed by atoms with Gasteiger partial charge in [0.25, 0.3) is 0 Å². The normalized spacial score (nSPS) is 20.7. The molecule has 0 aliphatic carbocycles. The van der Waals surface area contributed by atoms with E-state index in [-0.39, 0.29) is 42.4 Å². The van der Waals surface area contributed by atoms with Gasteiger partial charge in [-0.1, -0.05) is 29.8 Å². The third kappa shape index (κ3) is 4.91. The minimum atomic E-state index is -3.72. The fraction of sp³-hybridized carbons (Fsp3) is 0.350. The van der Waals surface area contributed by atoms with Gasteiger partial charge in [-0.25, -0.2) is 13.2 Å². The highest BCUT2D eigenvalue weighted by Crippen LogP contribution is 2.22. The molecule has 0 spiro atoms. The van der Waals surface area contributed by atoms with Crippen molar-refractivity contribution < 1.29 is 22.7 Å². The number of rotatable bonds is 5. The third-order valence-corrected chi connectivity index (χ3v) is 6.46. The van der Waals surface area contributed by atoms with Gasteiger partial charge in [0.05, 0.1) is 22.7 Å². The van der Waals surface area contributed by atoms with Crippen LogP contribution in [0.4, 0.5) is 0 Å². The Bertz CT molecular complexity index is 935. The predicted octanol–water partition coefficient (Wildman–Crippen LogP) is 3.49. The molecule has 0 saturated carbocycles. The van der Waals surface area contributed by atoms with Crippen LogP contribution in [0.5, 0.6) is 0 Å². The van der Waals surface area contributed by atoms with Crippen molar-refractivity contribution in [2.45, 2.75) is 37.6 Å². The largest absolute Gasteiger partial charge is 0.457 e. The third-order valence-electron chi connectivity index (χ3n) is 4.38. The van der Waals surface area contributed by atoms with Crippen LogP contribution >= 0.6 is 11.6 Å². The second-order valence-electron chi connectivity index (χ2n) is 6.81. The molecule has 150 valence electrons. The topological polar surface area (TPSA) is 72.9 Å². The summed E-state index contributed by atoms with van der Waals surface area (Å²) in [7, 11) is -3.72. The molecule has 1 heterocycles. The van der Waals surface area contributed by atoms with Crippen LogP contribution in [0.3, 0.4) is 0 Å². The van der Waals surface area contributed by atoms with E-state index in [9.17, 15) is 13.2 Å². The maximum Gasteiger partial charge on any atom is 0.338 e. The molecule has 1 fully saturated rings. The number of carbonyl (C=O) groups is 1. The fourth-order valence-corrected chi connectivity index (χ4v) is 4.84. The Labute approximate surface area is 170 Å². The number of benzene rings is 2. The number of morpholine rings is 1. The molecule has 0 bridgehead atoms. The second-order valence-corrected chi connectivity index (χ2v) is 9.18. The zero-order valence-corrected chi connectivity index (χ0v) is 17.2. The molecule has 2 aromatic carbocycles. The molecule has 1 saturated heterocycles. The number of sulfonamides is 1. The van der Waals surface area contributed by atoms with Crippen LogP contribution in [0.1, 0.15) is 29.8 Å². The van der Waals surface area contributed by atoms with E-state index < -0.39 is 16.0 Å². The maximum atomic E-state index is 13.0. The average molecular weight is 424 g/mol. The van der Waals surface area contributed by atoms with E-state index >= 15 is 0 Å². The lowest BCUT2D eigenvalue weighted by Crippen LogP contribution is -2.48. The van der Waals surface area contributed by atoms with Gasteiger partial charge in [0, 0.05) is 18.1 Å². The first-order valence-electron chi connectivity index (χ1n) is 8.93. The Hall–Kier alpha value is -1.93. The quantitative estimate of drug-likeness (QED) is 0.688. The molecule has 6 nitrogen and oxygen atoms in total. The highest BCUT2D eigenvalue weighted by molar-refractivity contribution is 7.89. The predicted molar refractivity (Wildman–Crippen MR) is 106 cm³/mol. The highest BCUT2D eigenvalue weighted by atomic mass is 35.5. The standard InChI is InChI=1S/C20H22ClNO5S/c1-14-11-22(12-15(2)27-14)28(24,25)19-5-3-4-17(10-19)20(23)26-13-16-6-8-18(21)9-7-16/h3-10,14-15H,11-13H2,1-2H3. The number of esters is 1. The molecule has 2 aromatic rings. The lowest BCUT2D eigenvalue weighted by Gasteiger charge is -2.34. The lowest BCUT2D eigenvalue weighted by molar-refractivity contribution is -0.0440. The van der Waals surface area contributed by atoms with E-state index in [0.717, 1.165) is 5.56 Å². The molecule has 8 heteroatoms. The van der Waals surface area contributed by atoms with Crippen LogP contribution in [-0.2, 0) is 26.1 Å². The smallest absolute Gasteiger partial charge is 0.338 e. The summed E-state index contributed by atoms with van der Waals surface area (Å²) in [6.45, 7) is 4.30. The zero-order chi connectivity index (χ0) is 20.3. The number of nitrogens with zero attached hydrogens (tertiary/aromatic N) is 1. The van der Waals surface area contributed by atoms with Crippen molar-refractivity contribution in [1.82, 2.24) is 4.31 Å². The van der Waals surface area contributed by atoms with E-state index in [4.69, 9.17) is 21.1 Å². The van der Waals surface area contributed by atoms with Crippen molar-refractivity contribution in [3.05, 3.63) is 64.7 Å². The molecule has 0 N–H and O–H groups in total. The molecular formula is C20H22ClNO5S. The molecule has 2 unspecified atom stereocenters. The number of hydrogen-bond acceptors (Lipinski definition) is 5. The summed E-state index contributed by atoms with van der Waals surface area (Å²) in [6.07, 6.45) is -0.378. The molecule has 1 aliphatic rings. The molecule has 2 atom stereocenters. The second kappa shape index (κ2) is 8.61. The summed E-state index contributed by atoms with van der Waals surface area (Å²) < 4.78 is 38.2. The van der Waals surface area contributed by atoms with Crippen LogP contribution < -0.4 is 0 Å². The number of halogens is 1. The minimum absolute atomic E-state index is 0.0646. The van der Waals surface area contributed by atoms with Crippen LogP contribution in [0, 0.1) is 0 Å². The van der Waals surface area contributed by atoms with Gasteiger partial charge in [0.2, 0.25) is 10.0 Å². The fourth-order valence-electron chi connectivity index (χ4n) is 3.07. The molecule has 1 aliphatic heterocycles. The Balaban J connectivity index is 1.73.